The molecule has 7 heteroatoms. The number of methoxy groups -OCH3 is 1. The summed E-state index contributed by atoms with van der Waals surface area (Å²) in [5.74, 6) is 1.67. The standard InChI is InChI=1S/C30H30N4O3/c1-5-21-9-13-23(14-10-21)27-26(29-32-28(33-37-29)24-8-6-7-19(2)17-24)20(3)34(30(35)31-27)18-22-11-15-25(36-4)16-12-22/h6-17,27H,5,18H2,1-4H3,(H,31,35). The SMILES string of the molecule is CCc1ccc(C2NC(=O)N(Cc3ccc(OC)cc3)C(C)=C2c2nc(-c3cccc(C)c3)no2)cc1. The molecule has 1 atom stereocenters. The first kappa shape index (κ1) is 24.3. The molecule has 4 aromatic rings. The van der Waals surface area contributed by atoms with E-state index in [1.807, 2.05) is 74.5 Å². The van der Waals surface area contributed by atoms with Crippen LogP contribution in [0.3, 0.4) is 0 Å². The van der Waals surface area contributed by atoms with E-state index in [0.717, 1.165) is 45.7 Å². The fraction of sp³-hybridized carbons (Fsp3) is 0.233. The van der Waals surface area contributed by atoms with Crippen molar-refractivity contribution in [1.29, 1.82) is 0 Å². The van der Waals surface area contributed by atoms with E-state index in [4.69, 9.17) is 14.2 Å². The first-order chi connectivity index (χ1) is 18.0. The van der Waals surface area contributed by atoms with Crippen molar-refractivity contribution in [1.82, 2.24) is 20.4 Å². The molecule has 0 saturated heterocycles. The first-order valence-electron chi connectivity index (χ1n) is 12.4. The largest absolute Gasteiger partial charge is 0.497 e. The van der Waals surface area contributed by atoms with Crippen LogP contribution in [-0.4, -0.2) is 28.2 Å². The van der Waals surface area contributed by atoms with Crippen molar-refractivity contribution in [3.05, 3.63) is 107 Å². The van der Waals surface area contributed by atoms with Crippen LogP contribution >= 0.6 is 0 Å². The Morgan fingerprint density at radius 1 is 1.00 bits per heavy atom. The molecule has 1 aromatic heterocycles. The summed E-state index contributed by atoms with van der Waals surface area (Å²) in [7, 11) is 1.63. The van der Waals surface area contributed by atoms with Crippen LogP contribution in [0.25, 0.3) is 17.0 Å². The Morgan fingerprint density at radius 3 is 2.41 bits per heavy atom. The number of ether oxygens (including phenoxy) is 1. The van der Waals surface area contributed by atoms with Crippen LogP contribution in [0.1, 0.15) is 48.0 Å². The Balaban J connectivity index is 1.57. The second kappa shape index (κ2) is 10.3. The molecule has 0 saturated carbocycles. The molecule has 37 heavy (non-hydrogen) atoms. The number of carbonyl (C=O) groups excluding carboxylic acids is 1. The topological polar surface area (TPSA) is 80.5 Å². The number of aryl methyl sites for hydroxylation is 2. The predicted octanol–water partition coefficient (Wildman–Crippen LogP) is 6.31. The van der Waals surface area contributed by atoms with E-state index in [-0.39, 0.29) is 6.03 Å². The fourth-order valence-electron chi connectivity index (χ4n) is 4.59. The van der Waals surface area contributed by atoms with Crippen molar-refractivity contribution in [2.45, 2.75) is 39.8 Å². The number of amides is 2. The Morgan fingerprint density at radius 2 is 1.73 bits per heavy atom. The van der Waals surface area contributed by atoms with Crippen LogP contribution in [0.5, 0.6) is 5.75 Å². The molecule has 5 rings (SSSR count). The molecule has 0 fully saturated rings. The summed E-state index contributed by atoms with van der Waals surface area (Å²) in [5, 5.41) is 7.45. The summed E-state index contributed by atoms with van der Waals surface area (Å²) in [5.41, 5.74) is 6.71. The second-order valence-electron chi connectivity index (χ2n) is 9.20. The molecule has 2 heterocycles. The van der Waals surface area contributed by atoms with E-state index in [1.165, 1.54) is 5.56 Å². The maximum Gasteiger partial charge on any atom is 0.322 e. The molecule has 2 amide bonds. The minimum absolute atomic E-state index is 0.181. The molecule has 1 unspecified atom stereocenters. The van der Waals surface area contributed by atoms with Crippen LogP contribution < -0.4 is 10.1 Å². The maximum absolute atomic E-state index is 13.4. The van der Waals surface area contributed by atoms with Gasteiger partial charge < -0.3 is 14.6 Å². The molecule has 0 bridgehead atoms. The number of allylic oxidation sites excluding steroid dienone is 1. The lowest BCUT2D eigenvalue weighted by Gasteiger charge is -2.35. The number of urea groups is 1. The smallest absolute Gasteiger partial charge is 0.322 e. The van der Waals surface area contributed by atoms with Crippen LogP contribution in [0, 0.1) is 6.92 Å². The summed E-state index contributed by atoms with van der Waals surface area (Å²) in [6.45, 7) is 6.48. The Bertz CT molecular complexity index is 1440. The van der Waals surface area contributed by atoms with E-state index in [0.29, 0.717) is 18.3 Å². The number of aromatic nitrogens is 2. The summed E-state index contributed by atoms with van der Waals surface area (Å²) < 4.78 is 11.1. The normalized spacial score (nSPS) is 15.6. The minimum Gasteiger partial charge on any atom is -0.497 e. The summed E-state index contributed by atoms with van der Waals surface area (Å²) in [4.78, 5) is 19.8. The van der Waals surface area contributed by atoms with Crippen LogP contribution in [0.15, 0.2) is 83.0 Å². The third-order valence-corrected chi connectivity index (χ3v) is 6.75. The van der Waals surface area contributed by atoms with Gasteiger partial charge in [0.1, 0.15) is 5.75 Å². The van der Waals surface area contributed by atoms with Crippen molar-refractivity contribution in [3.63, 3.8) is 0 Å². The molecule has 1 aliphatic heterocycles. The van der Waals surface area contributed by atoms with Crippen LogP contribution in [0.4, 0.5) is 4.79 Å². The zero-order chi connectivity index (χ0) is 25.9. The lowest BCUT2D eigenvalue weighted by molar-refractivity contribution is 0.203. The van der Waals surface area contributed by atoms with Gasteiger partial charge in [0.25, 0.3) is 5.89 Å². The second-order valence-corrected chi connectivity index (χ2v) is 9.20. The number of nitrogens with zero attached hydrogens (tertiary/aromatic N) is 3. The molecular weight excluding hydrogens is 464 g/mol. The van der Waals surface area contributed by atoms with Crippen molar-refractivity contribution < 1.29 is 14.1 Å². The number of benzene rings is 3. The Kier molecular flexibility index (Phi) is 6.77. The van der Waals surface area contributed by atoms with Gasteiger partial charge in [-0.2, -0.15) is 4.98 Å². The highest BCUT2D eigenvalue weighted by molar-refractivity contribution is 5.87. The van der Waals surface area contributed by atoms with Gasteiger partial charge in [-0.25, -0.2) is 4.79 Å². The molecule has 0 radical (unpaired) electrons. The summed E-state index contributed by atoms with van der Waals surface area (Å²) >= 11 is 0. The zero-order valence-corrected chi connectivity index (χ0v) is 21.5. The monoisotopic (exact) mass is 494 g/mol. The van der Waals surface area contributed by atoms with E-state index in [2.05, 4.69) is 29.5 Å². The molecule has 3 aromatic carbocycles. The van der Waals surface area contributed by atoms with Gasteiger partial charge in [-0.3, -0.25) is 4.90 Å². The lowest BCUT2D eigenvalue weighted by atomic mass is 9.93. The summed E-state index contributed by atoms with van der Waals surface area (Å²) in [6, 6.07) is 23.4. The van der Waals surface area contributed by atoms with Gasteiger partial charge in [0.05, 0.1) is 25.3 Å². The Labute approximate surface area is 216 Å². The van der Waals surface area contributed by atoms with Gasteiger partial charge in [0.15, 0.2) is 0 Å². The average Bonchev–Trinajstić information content (AvgIpc) is 3.41. The van der Waals surface area contributed by atoms with Gasteiger partial charge in [0.2, 0.25) is 5.82 Å². The van der Waals surface area contributed by atoms with Crippen molar-refractivity contribution >= 4 is 11.6 Å². The van der Waals surface area contributed by atoms with Gasteiger partial charge in [0, 0.05) is 11.3 Å². The van der Waals surface area contributed by atoms with E-state index in [9.17, 15) is 4.79 Å². The molecule has 0 spiro atoms. The average molecular weight is 495 g/mol. The molecule has 188 valence electrons. The third-order valence-electron chi connectivity index (χ3n) is 6.75. The number of hydrogen-bond donors (Lipinski definition) is 1. The highest BCUT2D eigenvalue weighted by atomic mass is 16.5. The Hall–Kier alpha value is -4.39. The summed E-state index contributed by atoms with van der Waals surface area (Å²) in [6.07, 6.45) is 0.943. The first-order valence-corrected chi connectivity index (χ1v) is 12.4. The quantitative estimate of drug-likeness (QED) is 0.325. The molecule has 0 aliphatic carbocycles. The van der Waals surface area contributed by atoms with Crippen LogP contribution in [0.2, 0.25) is 0 Å². The molecule has 1 aliphatic rings. The van der Waals surface area contributed by atoms with Crippen LogP contribution in [-0.2, 0) is 13.0 Å². The highest BCUT2D eigenvalue weighted by Crippen LogP contribution is 2.38. The highest BCUT2D eigenvalue weighted by Gasteiger charge is 2.35. The van der Waals surface area contributed by atoms with Gasteiger partial charge >= 0.3 is 6.03 Å². The van der Waals surface area contributed by atoms with Crippen molar-refractivity contribution in [2.75, 3.05) is 7.11 Å². The number of nitrogens with one attached hydrogen (secondary N) is 1. The predicted molar refractivity (Wildman–Crippen MR) is 143 cm³/mol. The third kappa shape index (κ3) is 4.98. The van der Waals surface area contributed by atoms with E-state index >= 15 is 0 Å². The molecule has 7 nitrogen and oxygen atoms in total. The van der Waals surface area contributed by atoms with Crippen molar-refractivity contribution in [3.8, 4) is 17.1 Å². The van der Waals surface area contributed by atoms with E-state index in [1.54, 1.807) is 12.0 Å². The lowest BCUT2D eigenvalue weighted by Crippen LogP contribution is -2.45. The number of hydrogen-bond acceptors (Lipinski definition) is 5. The van der Waals surface area contributed by atoms with E-state index < -0.39 is 6.04 Å². The van der Waals surface area contributed by atoms with Gasteiger partial charge in [-0.1, -0.05) is 72.2 Å². The minimum atomic E-state index is -0.420. The van der Waals surface area contributed by atoms with Crippen molar-refractivity contribution in [2.24, 2.45) is 0 Å². The fourth-order valence-corrected chi connectivity index (χ4v) is 4.59. The van der Waals surface area contributed by atoms with Gasteiger partial charge in [-0.15, -0.1) is 0 Å². The molecular formula is C30H30N4O3. The van der Waals surface area contributed by atoms with Gasteiger partial charge in [-0.05, 0) is 55.2 Å². The number of rotatable bonds is 7. The maximum atomic E-state index is 13.4. The zero-order valence-electron chi connectivity index (χ0n) is 21.5. The molecule has 1 N–H and O–H groups in total. The number of carbonyl (C=O) groups is 1.